The maximum Gasteiger partial charge on any atom is 0.387 e. The fraction of sp³-hybridized carbons (Fsp3) is 0.333. The molecule has 0 aliphatic carbocycles. The summed E-state index contributed by atoms with van der Waals surface area (Å²) in [5.74, 6) is 0.809. The molecule has 46 heavy (non-hydrogen) atoms. The second-order valence-electron chi connectivity index (χ2n) is 10.7. The number of hydrogen-bond acceptors (Lipinski definition) is 6. The van der Waals surface area contributed by atoms with Crippen LogP contribution in [0, 0.1) is 0 Å². The van der Waals surface area contributed by atoms with Crippen molar-refractivity contribution in [2.45, 2.75) is 63.3 Å². The van der Waals surface area contributed by atoms with Crippen molar-refractivity contribution in [2.75, 3.05) is 19.8 Å². The van der Waals surface area contributed by atoms with Gasteiger partial charge in [0.05, 0.1) is 35.2 Å². The molecule has 0 radical (unpaired) electrons. The Labute approximate surface area is 271 Å². The predicted octanol–water partition coefficient (Wildman–Crippen LogP) is 7.89. The molecule has 0 aliphatic rings. The lowest BCUT2D eigenvalue weighted by atomic mass is 10.0. The summed E-state index contributed by atoms with van der Waals surface area (Å²) >= 11 is 0. The highest BCUT2D eigenvalue weighted by Crippen LogP contribution is 2.30. The van der Waals surface area contributed by atoms with Crippen molar-refractivity contribution in [3.8, 4) is 22.6 Å². The van der Waals surface area contributed by atoms with Gasteiger partial charge in [0.25, 0.3) is 0 Å². The third-order valence-electron chi connectivity index (χ3n) is 7.11. The van der Waals surface area contributed by atoms with Gasteiger partial charge in [-0.15, -0.1) is 0 Å². The molecule has 0 saturated carbocycles. The summed E-state index contributed by atoms with van der Waals surface area (Å²) in [5.41, 5.74) is 3.63. The Kier molecular flexibility index (Phi) is 13.7. The summed E-state index contributed by atoms with van der Waals surface area (Å²) in [4.78, 5) is 17.7. The SMILES string of the molecule is CCCCOCCOc1ccc(-c2ccc(OC(F)F)c(/C=C/C(=O)Cc3ccc(S(=O)Cc4cncn4CCC)cc3)c2)cc1. The van der Waals surface area contributed by atoms with Crippen molar-refractivity contribution in [1.29, 1.82) is 0 Å². The molecule has 0 N–H and O–H groups in total. The fourth-order valence-electron chi connectivity index (χ4n) is 4.70. The Morgan fingerprint density at radius 3 is 2.43 bits per heavy atom. The number of ether oxygens (including phenoxy) is 3. The van der Waals surface area contributed by atoms with Crippen molar-refractivity contribution in [3.63, 3.8) is 0 Å². The van der Waals surface area contributed by atoms with E-state index in [0.29, 0.717) is 35.2 Å². The van der Waals surface area contributed by atoms with Crippen molar-refractivity contribution < 1.29 is 32.0 Å². The molecule has 7 nitrogen and oxygen atoms in total. The lowest BCUT2D eigenvalue weighted by Gasteiger charge is -2.11. The van der Waals surface area contributed by atoms with Crippen LogP contribution in [0.5, 0.6) is 11.5 Å². The number of aromatic nitrogens is 2. The van der Waals surface area contributed by atoms with Gasteiger partial charge in [0, 0.05) is 36.2 Å². The summed E-state index contributed by atoms with van der Waals surface area (Å²) in [7, 11) is -1.25. The zero-order valence-electron chi connectivity index (χ0n) is 26.2. The fourth-order valence-corrected chi connectivity index (χ4v) is 5.82. The molecular formula is C36H40F2N2O5S. The van der Waals surface area contributed by atoms with Gasteiger partial charge < -0.3 is 18.8 Å². The van der Waals surface area contributed by atoms with Gasteiger partial charge in [-0.2, -0.15) is 8.78 Å². The van der Waals surface area contributed by atoms with Crippen LogP contribution >= 0.6 is 0 Å². The summed E-state index contributed by atoms with van der Waals surface area (Å²) < 4.78 is 57.1. The molecule has 0 bridgehead atoms. The van der Waals surface area contributed by atoms with Crippen LogP contribution in [0.4, 0.5) is 8.78 Å². The highest BCUT2D eigenvalue weighted by molar-refractivity contribution is 7.84. The number of ketones is 1. The molecule has 1 unspecified atom stereocenters. The van der Waals surface area contributed by atoms with Gasteiger partial charge in [0.15, 0.2) is 5.78 Å². The molecule has 4 rings (SSSR count). The van der Waals surface area contributed by atoms with E-state index in [1.165, 1.54) is 18.2 Å². The number of allylic oxidation sites excluding steroid dienone is 1. The van der Waals surface area contributed by atoms with Gasteiger partial charge in [-0.25, -0.2) is 4.98 Å². The first kappa shape index (κ1) is 34.7. The standard InChI is InChI=1S/C36H40F2N2O5S/c1-3-5-19-43-20-21-44-33-13-9-28(10-14-33)29-11-17-35(45-36(37)38)30(23-29)8-12-32(41)22-27-6-15-34(16-7-27)46(42)25-31-24-39-26-40(31)18-4-2/h6-17,23-24,26,36H,3-5,18-22,25H2,1-2H3/b12-8+. The zero-order chi connectivity index (χ0) is 32.7. The van der Waals surface area contributed by atoms with Crippen LogP contribution in [0.15, 0.2) is 90.2 Å². The Hall–Kier alpha value is -4.15. The van der Waals surface area contributed by atoms with E-state index in [-0.39, 0.29) is 18.0 Å². The summed E-state index contributed by atoms with van der Waals surface area (Å²) in [6, 6.07) is 19.4. The summed E-state index contributed by atoms with van der Waals surface area (Å²) in [6.45, 7) is 3.68. The van der Waals surface area contributed by atoms with Crippen molar-refractivity contribution in [3.05, 3.63) is 102 Å². The van der Waals surface area contributed by atoms with E-state index in [1.54, 1.807) is 48.9 Å². The summed E-state index contributed by atoms with van der Waals surface area (Å²) in [6.07, 6.45) is 9.49. The predicted molar refractivity (Wildman–Crippen MR) is 177 cm³/mol. The second kappa shape index (κ2) is 18.1. The molecule has 0 amide bonds. The molecule has 1 heterocycles. The van der Waals surface area contributed by atoms with Gasteiger partial charge in [-0.1, -0.05) is 50.6 Å². The Morgan fingerprint density at radius 1 is 0.957 bits per heavy atom. The third-order valence-corrected chi connectivity index (χ3v) is 8.46. The van der Waals surface area contributed by atoms with Crippen LogP contribution < -0.4 is 9.47 Å². The van der Waals surface area contributed by atoms with E-state index in [9.17, 15) is 17.8 Å². The number of benzene rings is 3. The molecule has 4 aromatic rings. The molecule has 1 atom stereocenters. The van der Waals surface area contributed by atoms with E-state index in [2.05, 4.69) is 18.8 Å². The summed E-state index contributed by atoms with van der Waals surface area (Å²) in [5, 5.41) is 0. The number of unbranched alkanes of at least 4 members (excludes halogenated alkanes) is 1. The van der Waals surface area contributed by atoms with Crippen molar-refractivity contribution in [2.24, 2.45) is 0 Å². The van der Waals surface area contributed by atoms with E-state index in [0.717, 1.165) is 54.8 Å². The molecule has 10 heteroatoms. The lowest BCUT2D eigenvalue weighted by molar-refractivity contribution is -0.113. The maximum absolute atomic E-state index is 13.1. The van der Waals surface area contributed by atoms with Crippen LogP contribution in [-0.2, 0) is 39.0 Å². The van der Waals surface area contributed by atoms with E-state index in [4.69, 9.17) is 14.2 Å². The van der Waals surface area contributed by atoms with Crippen LogP contribution in [0.25, 0.3) is 17.2 Å². The second-order valence-corrected chi connectivity index (χ2v) is 12.1. The number of imidazole rings is 1. The molecule has 244 valence electrons. The van der Waals surface area contributed by atoms with Gasteiger partial charge in [-0.3, -0.25) is 9.00 Å². The Balaban J connectivity index is 1.38. The minimum atomic E-state index is -3.01. The molecule has 1 aromatic heterocycles. The zero-order valence-corrected chi connectivity index (χ0v) is 27.0. The molecule has 3 aromatic carbocycles. The van der Waals surface area contributed by atoms with E-state index < -0.39 is 17.4 Å². The van der Waals surface area contributed by atoms with Crippen molar-refractivity contribution >= 4 is 22.7 Å². The largest absolute Gasteiger partial charge is 0.491 e. The number of carbonyl (C=O) groups excluding carboxylic acids is 1. The number of halogens is 2. The maximum atomic E-state index is 13.1. The van der Waals surface area contributed by atoms with Gasteiger partial charge in [0.2, 0.25) is 0 Å². The quantitative estimate of drug-likeness (QED) is 0.0759. The highest BCUT2D eigenvalue weighted by atomic mass is 32.2. The smallest absolute Gasteiger partial charge is 0.387 e. The average Bonchev–Trinajstić information content (AvgIpc) is 3.49. The number of aryl methyl sites for hydroxylation is 1. The minimum Gasteiger partial charge on any atom is -0.491 e. The van der Waals surface area contributed by atoms with Gasteiger partial charge in [-0.05, 0) is 78.1 Å². The number of alkyl halides is 2. The molecule has 0 fully saturated rings. The van der Waals surface area contributed by atoms with Crippen LogP contribution in [0.3, 0.4) is 0 Å². The monoisotopic (exact) mass is 650 g/mol. The number of hydrogen-bond donors (Lipinski definition) is 0. The van der Waals surface area contributed by atoms with Gasteiger partial charge in [0.1, 0.15) is 18.1 Å². The van der Waals surface area contributed by atoms with Crippen LogP contribution in [0.1, 0.15) is 49.9 Å². The topological polar surface area (TPSA) is 79.7 Å². The Morgan fingerprint density at radius 2 is 1.72 bits per heavy atom. The lowest BCUT2D eigenvalue weighted by Crippen LogP contribution is -2.07. The average molecular weight is 651 g/mol. The molecule has 0 saturated heterocycles. The Bertz CT molecular complexity index is 1590. The van der Waals surface area contributed by atoms with Crippen molar-refractivity contribution in [1.82, 2.24) is 9.55 Å². The van der Waals surface area contributed by atoms with E-state index in [1.807, 2.05) is 28.8 Å². The van der Waals surface area contributed by atoms with Crippen LogP contribution in [0.2, 0.25) is 0 Å². The first-order valence-corrected chi connectivity index (χ1v) is 16.7. The number of rotatable bonds is 19. The first-order chi connectivity index (χ1) is 22.4. The van der Waals surface area contributed by atoms with E-state index >= 15 is 0 Å². The third kappa shape index (κ3) is 10.7. The molecular weight excluding hydrogens is 610 g/mol. The number of carbonyl (C=O) groups is 1. The normalized spacial score (nSPS) is 12.1. The highest BCUT2D eigenvalue weighted by Gasteiger charge is 2.12. The molecule has 0 aliphatic heterocycles. The van der Waals surface area contributed by atoms with Crippen LogP contribution in [-0.4, -0.2) is 46.0 Å². The minimum absolute atomic E-state index is 0.0297. The van der Waals surface area contributed by atoms with Gasteiger partial charge >= 0.3 is 6.61 Å². The first-order valence-electron chi connectivity index (χ1n) is 15.4. The molecule has 0 spiro atoms. The number of nitrogens with zero attached hydrogens (tertiary/aromatic N) is 2.